The Morgan fingerprint density at radius 1 is 1.06 bits per heavy atom. The smallest absolute Gasteiger partial charge is 0.192 e. The molecule has 0 heterocycles. The molecule has 3 heteroatoms. The second-order valence-electron chi connectivity index (χ2n) is 4.79. The summed E-state index contributed by atoms with van der Waals surface area (Å²) in [4.78, 5) is 11.2. The second-order valence-corrected chi connectivity index (χ2v) is 9.56. The molecule has 0 aromatic heterocycles. The van der Waals surface area contributed by atoms with E-state index in [2.05, 4.69) is 20.8 Å². The maximum absolute atomic E-state index is 11.2. The van der Waals surface area contributed by atoms with Crippen LogP contribution >= 0.6 is 0 Å². The predicted octanol–water partition coefficient (Wildman–Crippen LogP) is 4.41. The Labute approximate surface area is 111 Å². The molecule has 0 saturated heterocycles. The molecule has 0 radical (unpaired) electrons. The minimum atomic E-state index is -1.50. The van der Waals surface area contributed by atoms with Gasteiger partial charge in [0.1, 0.15) is 0 Å². The van der Waals surface area contributed by atoms with Gasteiger partial charge in [-0.15, -0.1) is 0 Å². The maximum Gasteiger partial charge on any atom is 0.192 e. The number of benzene rings is 1. The first-order valence-electron chi connectivity index (χ1n) is 6.80. The van der Waals surface area contributed by atoms with E-state index in [4.69, 9.17) is 4.43 Å². The number of hydrogen-bond donors (Lipinski definition) is 0. The summed E-state index contributed by atoms with van der Waals surface area (Å²) in [6.45, 7) is 8.98. The molecule has 0 aliphatic carbocycles. The van der Waals surface area contributed by atoms with Crippen molar-refractivity contribution >= 4 is 14.1 Å². The third-order valence-corrected chi connectivity index (χ3v) is 8.46. The van der Waals surface area contributed by atoms with Crippen LogP contribution in [0.3, 0.4) is 0 Å². The van der Waals surface area contributed by atoms with Crippen LogP contribution in [0.15, 0.2) is 24.3 Å². The predicted molar refractivity (Wildman–Crippen MR) is 78.4 cm³/mol. The molecule has 0 amide bonds. The van der Waals surface area contributed by atoms with E-state index in [-0.39, 0.29) is 5.78 Å². The fourth-order valence-electron chi connectivity index (χ4n) is 2.13. The van der Waals surface area contributed by atoms with Gasteiger partial charge in [0.25, 0.3) is 0 Å². The van der Waals surface area contributed by atoms with E-state index in [1.165, 1.54) is 18.1 Å². The quantitative estimate of drug-likeness (QED) is 0.538. The Kier molecular flexibility index (Phi) is 5.76. The molecule has 1 aromatic rings. The van der Waals surface area contributed by atoms with Crippen LogP contribution in [0.4, 0.5) is 0 Å². The fraction of sp³-hybridized carbons (Fsp3) is 0.533. The van der Waals surface area contributed by atoms with Crippen LogP contribution in [0.5, 0.6) is 0 Å². The van der Waals surface area contributed by atoms with Gasteiger partial charge < -0.3 is 4.43 Å². The van der Waals surface area contributed by atoms with Crippen molar-refractivity contribution in [3.63, 3.8) is 0 Å². The van der Waals surface area contributed by atoms with Gasteiger partial charge in [-0.25, -0.2) is 0 Å². The summed E-state index contributed by atoms with van der Waals surface area (Å²) in [7, 11) is -1.50. The molecule has 0 aliphatic rings. The highest BCUT2D eigenvalue weighted by molar-refractivity contribution is 6.73. The standard InChI is InChI=1S/C15H24O2Si/c1-5-18(6-2,7-3)17-12-14-8-10-15(11-9-14)13(4)16/h8-11H,5-7,12H2,1-4H3. The third kappa shape index (κ3) is 3.78. The molecule has 0 fully saturated rings. The molecule has 0 spiro atoms. The average Bonchev–Trinajstić information content (AvgIpc) is 2.41. The van der Waals surface area contributed by atoms with Gasteiger partial charge in [0.05, 0.1) is 6.61 Å². The molecule has 1 aromatic carbocycles. The zero-order chi connectivity index (χ0) is 13.6. The molecule has 0 bridgehead atoms. The molecule has 0 saturated carbocycles. The summed E-state index contributed by atoms with van der Waals surface area (Å²) in [6, 6.07) is 11.3. The highest BCUT2D eigenvalue weighted by atomic mass is 28.4. The number of ketones is 1. The second kappa shape index (κ2) is 6.85. The molecule has 0 unspecified atom stereocenters. The van der Waals surface area contributed by atoms with Gasteiger partial charge in [-0.1, -0.05) is 45.0 Å². The van der Waals surface area contributed by atoms with Gasteiger partial charge in [0.2, 0.25) is 0 Å². The van der Waals surface area contributed by atoms with E-state index >= 15 is 0 Å². The Hall–Kier alpha value is -0.933. The van der Waals surface area contributed by atoms with Crippen molar-refractivity contribution in [3.05, 3.63) is 35.4 Å². The molecular weight excluding hydrogens is 240 g/mol. The van der Waals surface area contributed by atoms with Crippen LogP contribution in [0, 0.1) is 0 Å². The van der Waals surface area contributed by atoms with E-state index < -0.39 is 8.32 Å². The monoisotopic (exact) mass is 264 g/mol. The van der Waals surface area contributed by atoms with E-state index in [0.29, 0.717) is 6.61 Å². The van der Waals surface area contributed by atoms with Crippen molar-refractivity contribution in [1.82, 2.24) is 0 Å². The molecule has 0 atom stereocenters. The topological polar surface area (TPSA) is 26.3 Å². The zero-order valence-electron chi connectivity index (χ0n) is 12.0. The Morgan fingerprint density at radius 3 is 1.94 bits per heavy atom. The largest absolute Gasteiger partial charge is 0.413 e. The molecule has 0 N–H and O–H groups in total. The highest BCUT2D eigenvalue weighted by Crippen LogP contribution is 2.23. The summed E-state index contributed by atoms with van der Waals surface area (Å²) < 4.78 is 6.22. The Morgan fingerprint density at radius 2 is 1.56 bits per heavy atom. The van der Waals surface area contributed by atoms with Crippen molar-refractivity contribution in [2.75, 3.05) is 0 Å². The maximum atomic E-state index is 11.2. The van der Waals surface area contributed by atoms with Crippen molar-refractivity contribution in [1.29, 1.82) is 0 Å². The van der Waals surface area contributed by atoms with Crippen LogP contribution in [0.2, 0.25) is 18.1 Å². The van der Waals surface area contributed by atoms with E-state index in [0.717, 1.165) is 11.1 Å². The summed E-state index contributed by atoms with van der Waals surface area (Å²) in [6.07, 6.45) is 0. The molecule has 100 valence electrons. The lowest BCUT2D eigenvalue weighted by Crippen LogP contribution is -2.35. The Balaban J connectivity index is 2.65. The molecule has 1 rings (SSSR count). The normalized spacial score (nSPS) is 11.6. The summed E-state index contributed by atoms with van der Waals surface area (Å²) in [5, 5.41) is 0. The average molecular weight is 264 g/mol. The number of rotatable bonds is 7. The lowest BCUT2D eigenvalue weighted by atomic mass is 10.1. The number of carbonyl (C=O) groups excluding carboxylic acids is 1. The summed E-state index contributed by atoms with van der Waals surface area (Å²) >= 11 is 0. The molecule has 0 aliphatic heterocycles. The number of carbonyl (C=O) groups is 1. The van der Waals surface area contributed by atoms with Crippen LogP contribution in [0.25, 0.3) is 0 Å². The summed E-state index contributed by atoms with van der Waals surface area (Å²) in [5.74, 6) is 0.113. The van der Waals surface area contributed by atoms with Gasteiger partial charge in [0.15, 0.2) is 14.1 Å². The van der Waals surface area contributed by atoms with Gasteiger partial charge in [-0.2, -0.15) is 0 Å². The fourth-order valence-corrected chi connectivity index (χ4v) is 4.71. The first-order chi connectivity index (χ1) is 8.56. The first kappa shape index (κ1) is 15.1. The molecule has 18 heavy (non-hydrogen) atoms. The van der Waals surface area contributed by atoms with Crippen LogP contribution in [0.1, 0.15) is 43.6 Å². The summed E-state index contributed by atoms with van der Waals surface area (Å²) in [5.41, 5.74) is 1.93. The van der Waals surface area contributed by atoms with Gasteiger partial charge in [-0.05, 0) is 30.6 Å². The van der Waals surface area contributed by atoms with Crippen LogP contribution in [-0.4, -0.2) is 14.1 Å². The van der Waals surface area contributed by atoms with Crippen LogP contribution in [-0.2, 0) is 11.0 Å². The van der Waals surface area contributed by atoms with E-state index in [1.807, 2.05) is 24.3 Å². The van der Waals surface area contributed by atoms with Crippen molar-refractivity contribution in [2.45, 2.75) is 52.4 Å². The minimum absolute atomic E-state index is 0.113. The van der Waals surface area contributed by atoms with Crippen molar-refractivity contribution < 1.29 is 9.22 Å². The first-order valence-corrected chi connectivity index (χ1v) is 9.33. The number of Topliss-reactive ketones (excluding diaryl/α,β-unsaturated/α-hetero) is 1. The zero-order valence-corrected chi connectivity index (χ0v) is 13.0. The minimum Gasteiger partial charge on any atom is -0.413 e. The van der Waals surface area contributed by atoms with Crippen molar-refractivity contribution in [3.8, 4) is 0 Å². The van der Waals surface area contributed by atoms with Gasteiger partial charge >= 0.3 is 0 Å². The van der Waals surface area contributed by atoms with Gasteiger partial charge in [-0.3, -0.25) is 4.79 Å². The Bertz CT molecular complexity index is 372. The van der Waals surface area contributed by atoms with Crippen molar-refractivity contribution in [2.24, 2.45) is 0 Å². The third-order valence-electron chi connectivity index (χ3n) is 3.84. The lowest BCUT2D eigenvalue weighted by Gasteiger charge is -2.28. The highest BCUT2D eigenvalue weighted by Gasteiger charge is 2.28. The van der Waals surface area contributed by atoms with Crippen LogP contribution < -0.4 is 0 Å². The SMILES string of the molecule is CC[Si](CC)(CC)OCc1ccc(C(C)=O)cc1. The number of hydrogen-bond acceptors (Lipinski definition) is 2. The van der Waals surface area contributed by atoms with E-state index in [9.17, 15) is 4.79 Å². The van der Waals surface area contributed by atoms with E-state index in [1.54, 1.807) is 6.92 Å². The van der Waals surface area contributed by atoms with Gasteiger partial charge in [0, 0.05) is 5.56 Å². The molecule has 2 nitrogen and oxygen atoms in total. The molecular formula is C15H24O2Si. The lowest BCUT2D eigenvalue weighted by molar-refractivity contribution is 0.101.